The van der Waals surface area contributed by atoms with Crippen molar-refractivity contribution in [2.75, 3.05) is 13.6 Å². The number of alkyl halides is 3. The van der Waals surface area contributed by atoms with Gasteiger partial charge in [-0.1, -0.05) is 11.6 Å². The van der Waals surface area contributed by atoms with Gasteiger partial charge in [0.15, 0.2) is 0 Å². The summed E-state index contributed by atoms with van der Waals surface area (Å²) < 4.78 is 65.6. The molecule has 1 aromatic carbocycles. The molecule has 5 nitrogen and oxygen atoms in total. The molecule has 0 bridgehead atoms. The van der Waals surface area contributed by atoms with Gasteiger partial charge in [0, 0.05) is 26.0 Å². The van der Waals surface area contributed by atoms with Gasteiger partial charge in [-0.15, -0.1) is 0 Å². The maximum absolute atomic E-state index is 12.8. The highest BCUT2D eigenvalue weighted by Crippen LogP contribution is 2.34. The summed E-state index contributed by atoms with van der Waals surface area (Å²) in [4.78, 5) is -0.572. The normalized spacial score (nSPS) is 12.8. The van der Waals surface area contributed by atoms with E-state index in [4.69, 9.17) is 11.6 Å². The molecule has 126 valence electrons. The number of likely N-dealkylation sites (N-methyl/N-ethyl adjacent to an activating group) is 1. The lowest BCUT2D eigenvalue weighted by molar-refractivity contribution is -0.137. The molecule has 0 aliphatic heterocycles. The monoisotopic (exact) mass is 367 g/mol. The molecule has 0 N–H and O–H groups in total. The van der Waals surface area contributed by atoms with Crippen molar-refractivity contribution in [1.82, 2.24) is 14.1 Å². The first-order valence-corrected chi connectivity index (χ1v) is 8.24. The van der Waals surface area contributed by atoms with Crippen LogP contribution in [0.15, 0.2) is 41.6 Å². The molecule has 0 amide bonds. The third-order valence-corrected chi connectivity index (χ3v) is 5.49. The molecule has 0 atom stereocenters. The van der Waals surface area contributed by atoms with Crippen LogP contribution in [0.25, 0.3) is 0 Å². The zero-order chi connectivity index (χ0) is 17.3. The van der Waals surface area contributed by atoms with Crippen LogP contribution in [0.5, 0.6) is 0 Å². The summed E-state index contributed by atoms with van der Waals surface area (Å²) in [5, 5.41) is 3.67. The summed E-state index contributed by atoms with van der Waals surface area (Å²) >= 11 is 5.78. The largest absolute Gasteiger partial charge is 0.416 e. The van der Waals surface area contributed by atoms with E-state index in [1.165, 1.54) is 17.9 Å². The van der Waals surface area contributed by atoms with Crippen molar-refractivity contribution in [3.05, 3.63) is 47.2 Å². The van der Waals surface area contributed by atoms with E-state index in [1.807, 2.05) is 0 Å². The second kappa shape index (κ2) is 6.50. The molecule has 1 heterocycles. The Kier molecular flexibility index (Phi) is 5.02. The third kappa shape index (κ3) is 4.04. The van der Waals surface area contributed by atoms with Gasteiger partial charge in [-0.25, -0.2) is 8.42 Å². The minimum Gasteiger partial charge on any atom is -0.271 e. The standard InChI is InChI=1S/C13H13ClF3N3O2S/c1-19(7-8-20-6-2-5-18-20)23(21,22)12-9-10(13(15,16)17)3-4-11(12)14/h2-6,9H,7-8H2,1H3. The van der Waals surface area contributed by atoms with E-state index in [0.717, 1.165) is 16.4 Å². The molecule has 10 heteroatoms. The van der Waals surface area contributed by atoms with Gasteiger partial charge in [-0.3, -0.25) is 4.68 Å². The summed E-state index contributed by atoms with van der Waals surface area (Å²) in [6, 6.07) is 3.89. The molecule has 2 aromatic rings. The van der Waals surface area contributed by atoms with Crippen LogP contribution < -0.4 is 0 Å². The average Bonchev–Trinajstić information content (AvgIpc) is 2.96. The molecular formula is C13H13ClF3N3O2S. The number of halogens is 4. The van der Waals surface area contributed by atoms with Gasteiger partial charge in [0.2, 0.25) is 10.0 Å². The van der Waals surface area contributed by atoms with Crippen molar-refractivity contribution in [2.45, 2.75) is 17.6 Å². The molecule has 2 rings (SSSR count). The highest BCUT2D eigenvalue weighted by Gasteiger charge is 2.33. The number of nitrogens with zero attached hydrogens (tertiary/aromatic N) is 3. The minimum atomic E-state index is -4.65. The summed E-state index contributed by atoms with van der Waals surface area (Å²) in [5.74, 6) is 0. The average molecular weight is 368 g/mol. The maximum atomic E-state index is 12.8. The molecule has 0 unspecified atom stereocenters. The van der Waals surface area contributed by atoms with Gasteiger partial charge >= 0.3 is 6.18 Å². The topological polar surface area (TPSA) is 55.2 Å². The number of hydrogen-bond acceptors (Lipinski definition) is 3. The van der Waals surface area contributed by atoms with Crippen molar-refractivity contribution in [3.8, 4) is 0 Å². The van der Waals surface area contributed by atoms with Crippen molar-refractivity contribution in [3.63, 3.8) is 0 Å². The Balaban J connectivity index is 2.27. The molecule has 0 saturated carbocycles. The number of sulfonamides is 1. The Labute approximate surface area is 136 Å². The van der Waals surface area contributed by atoms with Crippen LogP contribution in [0.1, 0.15) is 5.56 Å². The number of aromatic nitrogens is 2. The second-order valence-corrected chi connectivity index (χ2v) is 7.16. The van der Waals surface area contributed by atoms with Gasteiger partial charge in [0.05, 0.1) is 17.1 Å². The predicted molar refractivity (Wildman–Crippen MR) is 78.5 cm³/mol. The highest BCUT2D eigenvalue weighted by molar-refractivity contribution is 7.89. The smallest absolute Gasteiger partial charge is 0.271 e. The fraction of sp³-hybridized carbons (Fsp3) is 0.308. The molecule has 1 aromatic heterocycles. The van der Waals surface area contributed by atoms with E-state index in [1.54, 1.807) is 12.3 Å². The van der Waals surface area contributed by atoms with Crippen LogP contribution in [0, 0.1) is 0 Å². The van der Waals surface area contributed by atoms with E-state index >= 15 is 0 Å². The molecule has 0 radical (unpaired) electrons. The SMILES string of the molecule is CN(CCn1cccn1)S(=O)(=O)c1cc(C(F)(F)F)ccc1Cl. The summed E-state index contributed by atoms with van der Waals surface area (Å²) in [6.45, 7) is 0.301. The molecular weight excluding hydrogens is 355 g/mol. The van der Waals surface area contributed by atoms with E-state index in [2.05, 4.69) is 5.10 Å². The Morgan fingerprint density at radius 1 is 1.35 bits per heavy atom. The third-order valence-electron chi connectivity index (χ3n) is 3.15. The van der Waals surface area contributed by atoms with Gasteiger partial charge in [-0.2, -0.15) is 22.6 Å². The first-order chi connectivity index (χ1) is 10.6. The molecule has 0 fully saturated rings. The first kappa shape index (κ1) is 17.8. The van der Waals surface area contributed by atoms with Crippen LogP contribution in [-0.2, 0) is 22.7 Å². The van der Waals surface area contributed by atoms with E-state index in [0.29, 0.717) is 6.07 Å². The predicted octanol–water partition coefficient (Wildman–Crippen LogP) is 2.88. The zero-order valence-electron chi connectivity index (χ0n) is 12.0. The fourth-order valence-electron chi connectivity index (χ4n) is 1.84. The van der Waals surface area contributed by atoms with Crippen molar-refractivity contribution in [2.24, 2.45) is 0 Å². The first-order valence-electron chi connectivity index (χ1n) is 6.43. The Bertz CT molecular complexity index is 776. The maximum Gasteiger partial charge on any atom is 0.416 e. The number of rotatable bonds is 5. The Morgan fingerprint density at radius 2 is 2.04 bits per heavy atom. The van der Waals surface area contributed by atoms with Crippen LogP contribution in [0.3, 0.4) is 0 Å². The molecule has 0 spiro atoms. The zero-order valence-corrected chi connectivity index (χ0v) is 13.5. The Morgan fingerprint density at radius 3 is 2.61 bits per heavy atom. The lowest BCUT2D eigenvalue weighted by Gasteiger charge is -2.19. The van der Waals surface area contributed by atoms with Crippen LogP contribution in [-0.4, -0.2) is 36.1 Å². The van der Waals surface area contributed by atoms with E-state index in [9.17, 15) is 21.6 Å². The fourth-order valence-corrected chi connectivity index (χ4v) is 3.50. The van der Waals surface area contributed by atoms with E-state index < -0.39 is 26.7 Å². The van der Waals surface area contributed by atoms with Gasteiger partial charge in [-0.05, 0) is 24.3 Å². The van der Waals surface area contributed by atoms with Crippen molar-refractivity contribution in [1.29, 1.82) is 0 Å². The van der Waals surface area contributed by atoms with Crippen molar-refractivity contribution >= 4 is 21.6 Å². The van der Waals surface area contributed by atoms with Crippen LogP contribution in [0.4, 0.5) is 13.2 Å². The Hall–Kier alpha value is -1.58. The van der Waals surface area contributed by atoms with Crippen molar-refractivity contribution < 1.29 is 21.6 Å². The molecule has 0 aliphatic rings. The molecule has 0 aliphatic carbocycles. The summed E-state index contributed by atoms with van der Waals surface area (Å²) in [5.41, 5.74) is -1.07. The lowest BCUT2D eigenvalue weighted by Crippen LogP contribution is -2.30. The van der Waals surface area contributed by atoms with Crippen LogP contribution >= 0.6 is 11.6 Å². The van der Waals surface area contributed by atoms with Crippen LogP contribution in [0.2, 0.25) is 5.02 Å². The van der Waals surface area contributed by atoms with Gasteiger partial charge < -0.3 is 0 Å². The quantitative estimate of drug-likeness (QED) is 0.816. The molecule has 0 saturated heterocycles. The highest BCUT2D eigenvalue weighted by atomic mass is 35.5. The molecule has 23 heavy (non-hydrogen) atoms. The van der Waals surface area contributed by atoms with Gasteiger partial charge in [0.25, 0.3) is 0 Å². The minimum absolute atomic E-state index is 0.0383. The van der Waals surface area contributed by atoms with Gasteiger partial charge in [0.1, 0.15) is 4.90 Å². The number of hydrogen-bond donors (Lipinski definition) is 0. The van der Waals surface area contributed by atoms with E-state index in [-0.39, 0.29) is 18.1 Å². The second-order valence-electron chi connectivity index (χ2n) is 4.74. The lowest BCUT2D eigenvalue weighted by atomic mass is 10.2. The number of benzene rings is 1. The summed E-state index contributed by atoms with van der Waals surface area (Å²) in [6.07, 6.45) is -1.46. The summed E-state index contributed by atoms with van der Waals surface area (Å²) in [7, 11) is -2.87.